The first-order valence-corrected chi connectivity index (χ1v) is 7.82. The summed E-state index contributed by atoms with van der Waals surface area (Å²) in [5, 5.41) is 1.11. The molecule has 0 spiro atoms. The van der Waals surface area contributed by atoms with Gasteiger partial charge in [-0.1, -0.05) is 12.1 Å². The van der Waals surface area contributed by atoms with Gasteiger partial charge in [0.05, 0.1) is 23.1 Å². The second kappa shape index (κ2) is 5.48. The fourth-order valence-corrected chi connectivity index (χ4v) is 2.69. The number of benzene rings is 1. The van der Waals surface area contributed by atoms with E-state index in [2.05, 4.69) is 0 Å². The van der Waals surface area contributed by atoms with Crippen LogP contribution in [0.15, 0.2) is 29.2 Å². The van der Waals surface area contributed by atoms with Crippen LogP contribution in [0.1, 0.15) is 31.1 Å². The molecule has 1 amide bonds. The summed E-state index contributed by atoms with van der Waals surface area (Å²) in [5.74, 6) is -0.560. The number of nitrogens with zero attached hydrogens (tertiary/aromatic N) is 1. The lowest BCUT2D eigenvalue weighted by atomic mass is 10.1. The normalized spacial score (nSPS) is 12.3. The van der Waals surface area contributed by atoms with Gasteiger partial charge in [-0.05, 0) is 32.9 Å². The molecule has 1 aromatic carbocycles. The zero-order chi connectivity index (χ0) is 14.8. The monoisotopic (exact) mass is 305 g/mol. The van der Waals surface area contributed by atoms with Crippen LogP contribution in [0.5, 0.6) is 0 Å². The Morgan fingerprint density at radius 3 is 2.21 bits per heavy atom. The SMILES string of the molecule is CON(C(=O)c1ccccc1S(=O)(=O)Cl)C(C)(C)C. The summed E-state index contributed by atoms with van der Waals surface area (Å²) < 4.78 is 22.9. The van der Waals surface area contributed by atoms with E-state index in [4.69, 9.17) is 15.5 Å². The highest BCUT2D eigenvalue weighted by Crippen LogP contribution is 2.24. The lowest BCUT2D eigenvalue weighted by Gasteiger charge is -2.33. The van der Waals surface area contributed by atoms with Crippen molar-refractivity contribution in [2.24, 2.45) is 0 Å². The molecule has 5 nitrogen and oxygen atoms in total. The fourth-order valence-electron chi connectivity index (χ4n) is 1.63. The number of hydrogen-bond donors (Lipinski definition) is 0. The molecular weight excluding hydrogens is 290 g/mol. The van der Waals surface area contributed by atoms with Gasteiger partial charge in [-0.25, -0.2) is 13.5 Å². The van der Waals surface area contributed by atoms with Crippen molar-refractivity contribution in [3.8, 4) is 0 Å². The fraction of sp³-hybridized carbons (Fsp3) is 0.417. The molecule has 0 saturated carbocycles. The van der Waals surface area contributed by atoms with Crippen molar-refractivity contribution < 1.29 is 18.0 Å². The Hall–Kier alpha value is -1.11. The second-order valence-electron chi connectivity index (χ2n) is 4.89. The van der Waals surface area contributed by atoms with E-state index in [0.717, 1.165) is 5.06 Å². The first kappa shape index (κ1) is 15.9. The summed E-state index contributed by atoms with van der Waals surface area (Å²) in [6, 6.07) is 5.75. The Morgan fingerprint density at radius 2 is 1.79 bits per heavy atom. The Bertz CT molecular complexity index is 578. The zero-order valence-electron chi connectivity index (χ0n) is 11.2. The number of hydrogen-bond acceptors (Lipinski definition) is 4. The minimum Gasteiger partial charge on any atom is -0.273 e. The lowest BCUT2D eigenvalue weighted by Crippen LogP contribution is -2.45. The number of amides is 1. The second-order valence-corrected chi connectivity index (χ2v) is 7.42. The molecule has 0 aliphatic heterocycles. The summed E-state index contributed by atoms with van der Waals surface area (Å²) >= 11 is 0. The Labute approximate surface area is 117 Å². The standard InChI is InChI=1S/C12H16ClNO4S/c1-12(2,3)14(18-4)11(15)9-7-5-6-8-10(9)19(13,16)17/h5-8H,1-4H3. The maximum absolute atomic E-state index is 12.4. The van der Waals surface area contributed by atoms with Gasteiger partial charge < -0.3 is 0 Å². The van der Waals surface area contributed by atoms with Crippen LogP contribution in [0.25, 0.3) is 0 Å². The number of carbonyl (C=O) groups excluding carboxylic acids is 1. The molecule has 106 valence electrons. The van der Waals surface area contributed by atoms with Gasteiger partial charge in [0.15, 0.2) is 0 Å². The molecule has 0 aliphatic carbocycles. The van der Waals surface area contributed by atoms with Crippen LogP contribution in [-0.4, -0.2) is 32.0 Å². The van der Waals surface area contributed by atoms with E-state index >= 15 is 0 Å². The summed E-state index contributed by atoms with van der Waals surface area (Å²) in [6.07, 6.45) is 0. The molecule has 0 saturated heterocycles. The van der Waals surface area contributed by atoms with Gasteiger partial charge >= 0.3 is 0 Å². The van der Waals surface area contributed by atoms with Gasteiger partial charge in [-0.2, -0.15) is 0 Å². The van der Waals surface area contributed by atoms with Crippen LogP contribution in [0.2, 0.25) is 0 Å². The number of rotatable bonds is 3. The van der Waals surface area contributed by atoms with E-state index in [-0.39, 0.29) is 10.5 Å². The topological polar surface area (TPSA) is 63.7 Å². The average molecular weight is 306 g/mol. The van der Waals surface area contributed by atoms with Crippen LogP contribution in [0.3, 0.4) is 0 Å². The number of hydroxylamine groups is 2. The molecule has 0 aliphatic rings. The van der Waals surface area contributed by atoms with Crippen molar-refractivity contribution in [3.05, 3.63) is 29.8 Å². The van der Waals surface area contributed by atoms with E-state index in [0.29, 0.717) is 0 Å². The molecule has 0 unspecified atom stereocenters. The first-order valence-electron chi connectivity index (χ1n) is 5.51. The van der Waals surface area contributed by atoms with Crippen molar-refractivity contribution >= 4 is 25.6 Å². The molecule has 0 bridgehead atoms. The smallest absolute Gasteiger partial charge is 0.273 e. The third-order valence-electron chi connectivity index (χ3n) is 2.36. The quantitative estimate of drug-likeness (QED) is 0.635. The van der Waals surface area contributed by atoms with Crippen molar-refractivity contribution in [1.82, 2.24) is 5.06 Å². The molecule has 7 heteroatoms. The van der Waals surface area contributed by atoms with Crippen molar-refractivity contribution in [3.63, 3.8) is 0 Å². The average Bonchev–Trinajstić information content (AvgIpc) is 2.26. The summed E-state index contributed by atoms with van der Waals surface area (Å²) in [4.78, 5) is 17.2. The molecule has 0 radical (unpaired) electrons. The van der Waals surface area contributed by atoms with E-state index in [9.17, 15) is 13.2 Å². The third kappa shape index (κ3) is 3.68. The first-order chi connectivity index (χ1) is 8.59. The van der Waals surface area contributed by atoms with E-state index in [1.807, 2.05) is 0 Å². The van der Waals surface area contributed by atoms with Crippen molar-refractivity contribution in [2.75, 3.05) is 7.11 Å². The van der Waals surface area contributed by atoms with Crippen LogP contribution >= 0.6 is 10.7 Å². The summed E-state index contributed by atoms with van der Waals surface area (Å²) in [6.45, 7) is 5.31. The molecule has 1 rings (SSSR count). The third-order valence-corrected chi connectivity index (χ3v) is 3.74. The Kier molecular flexibility index (Phi) is 4.60. The molecular formula is C12H16ClNO4S. The van der Waals surface area contributed by atoms with Gasteiger partial charge in [-0.15, -0.1) is 0 Å². The predicted molar refractivity (Wildman–Crippen MR) is 72.4 cm³/mol. The summed E-state index contributed by atoms with van der Waals surface area (Å²) in [5.41, 5.74) is -0.635. The molecule has 0 N–H and O–H groups in total. The predicted octanol–water partition coefficient (Wildman–Crippen LogP) is 2.42. The molecule has 19 heavy (non-hydrogen) atoms. The van der Waals surface area contributed by atoms with E-state index in [1.165, 1.54) is 25.3 Å². The lowest BCUT2D eigenvalue weighted by molar-refractivity contribution is -0.146. The maximum atomic E-state index is 12.4. The van der Waals surface area contributed by atoms with Gasteiger partial charge in [0, 0.05) is 10.7 Å². The highest BCUT2D eigenvalue weighted by atomic mass is 35.7. The summed E-state index contributed by atoms with van der Waals surface area (Å²) in [7, 11) is 2.68. The van der Waals surface area contributed by atoms with E-state index < -0.39 is 20.5 Å². The van der Waals surface area contributed by atoms with Gasteiger partial charge in [0.25, 0.3) is 15.0 Å². The van der Waals surface area contributed by atoms with Crippen LogP contribution in [-0.2, 0) is 13.9 Å². The zero-order valence-corrected chi connectivity index (χ0v) is 12.7. The van der Waals surface area contributed by atoms with Crippen LogP contribution < -0.4 is 0 Å². The maximum Gasteiger partial charge on any atom is 0.279 e. The van der Waals surface area contributed by atoms with Gasteiger partial charge in [0.1, 0.15) is 0 Å². The number of halogens is 1. The molecule has 1 aromatic rings. The van der Waals surface area contributed by atoms with Gasteiger partial charge in [-0.3, -0.25) is 9.63 Å². The van der Waals surface area contributed by atoms with Crippen LogP contribution in [0.4, 0.5) is 0 Å². The van der Waals surface area contributed by atoms with E-state index in [1.54, 1.807) is 26.8 Å². The minimum absolute atomic E-state index is 0.0192. The highest BCUT2D eigenvalue weighted by molar-refractivity contribution is 8.13. The van der Waals surface area contributed by atoms with Crippen molar-refractivity contribution in [1.29, 1.82) is 0 Å². The number of carbonyl (C=O) groups is 1. The highest BCUT2D eigenvalue weighted by Gasteiger charge is 2.31. The van der Waals surface area contributed by atoms with Gasteiger partial charge in [0.2, 0.25) is 0 Å². The van der Waals surface area contributed by atoms with Crippen molar-refractivity contribution in [2.45, 2.75) is 31.2 Å². The molecule has 0 atom stereocenters. The van der Waals surface area contributed by atoms with Crippen LogP contribution in [0, 0.1) is 0 Å². The molecule has 0 fully saturated rings. The minimum atomic E-state index is -4.00. The Balaban J connectivity index is 3.36. The largest absolute Gasteiger partial charge is 0.279 e. The Morgan fingerprint density at radius 1 is 1.26 bits per heavy atom. The molecule has 0 aromatic heterocycles. The molecule has 0 heterocycles.